The Kier molecular flexibility index (Phi) is 6.46. The van der Waals surface area contributed by atoms with Crippen molar-refractivity contribution in [3.63, 3.8) is 0 Å². The van der Waals surface area contributed by atoms with Gasteiger partial charge in [-0.05, 0) is 46.6 Å². The Bertz CT molecular complexity index is 526. The molecule has 0 saturated heterocycles. The lowest BCUT2D eigenvalue weighted by Crippen LogP contribution is -2.47. The Morgan fingerprint density at radius 1 is 1.29 bits per heavy atom. The summed E-state index contributed by atoms with van der Waals surface area (Å²) in [5.74, 6) is 0.815. The molecule has 0 aliphatic rings. The van der Waals surface area contributed by atoms with E-state index in [2.05, 4.69) is 36.4 Å². The molecule has 0 aromatic carbocycles. The number of hydrogen-bond acceptors (Lipinski definition) is 2. The smallest absolute Gasteiger partial charge is 0.250 e. The third-order valence-electron chi connectivity index (χ3n) is 3.09. The number of pyridine rings is 1. The van der Waals surface area contributed by atoms with Crippen molar-refractivity contribution in [3.05, 3.63) is 34.2 Å². The van der Waals surface area contributed by atoms with Gasteiger partial charge in [0.2, 0.25) is 0 Å². The molecule has 1 rings (SSSR count). The minimum absolute atomic E-state index is 0.00367. The van der Waals surface area contributed by atoms with Crippen molar-refractivity contribution >= 4 is 5.96 Å². The summed E-state index contributed by atoms with van der Waals surface area (Å²) in [4.78, 5) is 15.9. The van der Waals surface area contributed by atoms with E-state index in [1.165, 1.54) is 0 Å². The Morgan fingerprint density at radius 2 is 2.00 bits per heavy atom. The molecule has 5 heteroatoms. The molecule has 118 valence electrons. The molecule has 0 unspecified atom stereocenters. The molecule has 1 heterocycles. The van der Waals surface area contributed by atoms with Crippen LogP contribution in [0.3, 0.4) is 0 Å². The summed E-state index contributed by atoms with van der Waals surface area (Å²) in [5, 5.41) is 6.61. The molecule has 1 aromatic rings. The van der Waals surface area contributed by atoms with Gasteiger partial charge in [0, 0.05) is 37.4 Å². The highest BCUT2D eigenvalue weighted by Crippen LogP contribution is 1.99. The predicted octanol–water partition coefficient (Wildman–Crippen LogP) is 1.90. The van der Waals surface area contributed by atoms with E-state index in [0.717, 1.165) is 37.6 Å². The van der Waals surface area contributed by atoms with Crippen LogP contribution in [0.5, 0.6) is 0 Å². The summed E-state index contributed by atoms with van der Waals surface area (Å²) >= 11 is 0. The number of aryl methyl sites for hydroxylation is 1. The van der Waals surface area contributed by atoms with Crippen LogP contribution in [0.2, 0.25) is 0 Å². The van der Waals surface area contributed by atoms with Crippen LogP contribution in [0.4, 0.5) is 0 Å². The average molecular weight is 292 g/mol. The van der Waals surface area contributed by atoms with Crippen molar-refractivity contribution < 1.29 is 0 Å². The summed E-state index contributed by atoms with van der Waals surface area (Å²) in [5.41, 5.74) is 1.09. The molecule has 0 spiro atoms. The van der Waals surface area contributed by atoms with Crippen molar-refractivity contribution in [2.24, 2.45) is 4.99 Å². The maximum absolute atomic E-state index is 11.7. The van der Waals surface area contributed by atoms with Crippen LogP contribution in [0, 0.1) is 6.92 Å². The molecule has 0 bridgehead atoms. The van der Waals surface area contributed by atoms with E-state index in [9.17, 15) is 4.79 Å². The Labute approximate surface area is 127 Å². The number of unbranched alkanes of at least 4 members (excludes halogenated alkanes) is 1. The van der Waals surface area contributed by atoms with Crippen LogP contribution in [-0.4, -0.2) is 29.7 Å². The number of guanidine groups is 1. The zero-order valence-electron chi connectivity index (χ0n) is 13.9. The van der Waals surface area contributed by atoms with Gasteiger partial charge in [0.05, 0.1) is 0 Å². The maximum atomic E-state index is 11.7. The first-order valence-corrected chi connectivity index (χ1v) is 7.49. The predicted molar refractivity (Wildman–Crippen MR) is 88.9 cm³/mol. The normalized spacial score (nSPS) is 12.3. The van der Waals surface area contributed by atoms with Gasteiger partial charge in [-0.15, -0.1) is 0 Å². The second-order valence-electron chi connectivity index (χ2n) is 6.24. The minimum Gasteiger partial charge on any atom is -0.356 e. The summed E-state index contributed by atoms with van der Waals surface area (Å²) in [6, 6.07) is 5.38. The molecule has 0 atom stereocenters. The van der Waals surface area contributed by atoms with Crippen LogP contribution >= 0.6 is 0 Å². The molecular weight excluding hydrogens is 264 g/mol. The van der Waals surface area contributed by atoms with Crippen molar-refractivity contribution in [3.8, 4) is 0 Å². The maximum Gasteiger partial charge on any atom is 0.250 e. The number of hydrogen-bond donors (Lipinski definition) is 2. The molecule has 0 saturated carbocycles. The lowest BCUT2D eigenvalue weighted by atomic mass is 10.1. The van der Waals surface area contributed by atoms with E-state index in [-0.39, 0.29) is 11.1 Å². The van der Waals surface area contributed by atoms with Gasteiger partial charge in [-0.1, -0.05) is 6.07 Å². The largest absolute Gasteiger partial charge is 0.356 e. The van der Waals surface area contributed by atoms with Gasteiger partial charge in [-0.2, -0.15) is 0 Å². The second kappa shape index (κ2) is 7.86. The van der Waals surface area contributed by atoms with Crippen molar-refractivity contribution in [2.45, 2.75) is 52.6 Å². The molecule has 2 N–H and O–H groups in total. The van der Waals surface area contributed by atoms with Crippen molar-refractivity contribution in [1.29, 1.82) is 0 Å². The van der Waals surface area contributed by atoms with Gasteiger partial charge in [0.15, 0.2) is 5.96 Å². The summed E-state index contributed by atoms with van der Waals surface area (Å²) in [7, 11) is 1.77. The van der Waals surface area contributed by atoms with Crippen LogP contribution in [0.15, 0.2) is 28.0 Å². The van der Waals surface area contributed by atoms with Gasteiger partial charge < -0.3 is 15.2 Å². The van der Waals surface area contributed by atoms with Gasteiger partial charge in [-0.25, -0.2) is 0 Å². The summed E-state index contributed by atoms with van der Waals surface area (Å²) in [6.07, 6.45) is 1.95. The Morgan fingerprint density at radius 3 is 2.57 bits per heavy atom. The highest BCUT2D eigenvalue weighted by molar-refractivity contribution is 5.80. The summed E-state index contributed by atoms with van der Waals surface area (Å²) < 4.78 is 1.82. The molecular formula is C16H28N4O. The summed E-state index contributed by atoms with van der Waals surface area (Å²) in [6.45, 7) is 9.88. The van der Waals surface area contributed by atoms with Gasteiger partial charge >= 0.3 is 0 Å². The molecule has 0 fully saturated rings. The SMILES string of the molecule is CN=C(NCCCCn1c(C)cccc1=O)NC(C)(C)C. The number of aromatic nitrogens is 1. The monoisotopic (exact) mass is 292 g/mol. The molecule has 0 radical (unpaired) electrons. The first kappa shape index (κ1) is 17.3. The van der Waals surface area contributed by atoms with Gasteiger partial charge in [0.1, 0.15) is 0 Å². The molecule has 0 aliphatic heterocycles. The van der Waals surface area contributed by atoms with E-state index in [4.69, 9.17) is 0 Å². The number of aliphatic imine (C=N–C) groups is 1. The fourth-order valence-electron chi connectivity index (χ4n) is 2.05. The highest BCUT2D eigenvalue weighted by atomic mass is 16.1. The molecule has 21 heavy (non-hydrogen) atoms. The Hall–Kier alpha value is -1.78. The van der Waals surface area contributed by atoms with Gasteiger partial charge in [0.25, 0.3) is 5.56 Å². The number of nitrogens with zero attached hydrogens (tertiary/aromatic N) is 2. The van der Waals surface area contributed by atoms with E-state index in [1.54, 1.807) is 19.2 Å². The van der Waals surface area contributed by atoms with E-state index in [0.29, 0.717) is 0 Å². The fraction of sp³-hybridized carbons (Fsp3) is 0.625. The van der Waals surface area contributed by atoms with Crippen LogP contribution < -0.4 is 16.2 Å². The molecule has 0 amide bonds. The van der Waals surface area contributed by atoms with E-state index < -0.39 is 0 Å². The number of nitrogens with one attached hydrogen (secondary N) is 2. The first-order valence-electron chi connectivity index (χ1n) is 7.49. The van der Waals surface area contributed by atoms with E-state index >= 15 is 0 Å². The standard InChI is InChI=1S/C16H28N4O/c1-13-9-8-10-14(21)20(13)12-7-6-11-18-15(17-5)19-16(2,3)4/h8-10H,6-7,11-12H2,1-5H3,(H2,17,18,19). The second-order valence-corrected chi connectivity index (χ2v) is 6.24. The third kappa shape index (κ3) is 6.47. The van der Waals surface area contributed by atoms with Gasteiger partial charge in [-0.3, -0.25) is 9.79 Å². The van der Waals surface area contributed by atoms with Crippen molar-refractivity contribution in [2.75, 3.05) is 13.6 Å². The van der Waals surface area contributed by atoms with Crippen molar-refractivity contribution in [1.82, 2.24) is 15.2 Å². The van der Waals surface area contributed by atoms with Crippen LogP contribution in [-0.2, 0) is 6.54 Å². The molecule has 5 nitrogen and oxygen atoms in total. The number of rotatable bonds is 5. The topological polar surface area (TPSA) is 58.4 Å². The molecule has 1 aromatic heterocycles. The quantitative estimate of drug-likeness (QED) is 0.495. The first-order chi connectivity index (χ1) is 9.83. The van der Waals surface area contributed by atoms with Crippen LogP contribution in [0.25, 0.3) is 0 Å². The zero-order chi connectivity index (χ0) is 15.9. The third-order valence-corrected chi connectivity index (χ3v) is 3.09. The zero-order valence-corrected chi connectivity index (χ0v) is 13.9. The minimum atomic E-state index is -0.00367. The van der Waals surface area contributed by atoms with Crippen LogP contribution in [0.1, 0.15) is 39.3 Å². The molecule has 0 aliphatic carbocycles. The average Bonchev–Trinajstić information content (AvgIpc) is 2.38. The lowest BCUT2D eigenvalue weighted by molar-refractivity contribution is 0.498. The Balaban J connectivity index is 2.33. The van der Waals surface area contributed by atoms with E-state index in [1.807, 2.05) is 17.6 Å². The fourth-order valence-corrected chi connectivity index (χ4v) is 2.05. The lowest BCUT2D eigenvalue weighted by Gasteiger charge is -2.23. The highest BCUT2D eigenvalue weighted by Gasteiger charge is 2.11.